The smallest absolute Gasteiger partial charge is 0.129 e. The van der Waals surface area contributed by atoms with Crippen LogP contribution in [0.2, 0.25) is 0 Å². The average Bonchev–Trinajstić information content (AvgIpc) is 2.12. The van der Waals surface area contributed by atoms with Crippen molar-refractivity contribution in [1.29, 1.82) is 0 Å². The highest BCUT2D eigenvalue weighted by Gasteiger charge is 2.03. The molecule has 1 N–H and O–H groups in total. The molecule has 0 heterocycles. The minimum atomic E-state index is 0.285. The van der Waals surface area contributed by atoms with Crippen LogP contribution >= 0.6 is 27.9 Å². The van der Waals surface area contributed by atoms with E-state index in [0.717, 1.165) is 22.3 Å². The molecular weight excluding hydrogens is 262 g/mol. The Kier molecular flexibility index (Phi) is 4.78. The van der Waals surface area contributed by atoms with Gasteiger partial charge < -0.3 is 5.11 Å². The van der Waals surface area contributed by atoms with Gasteiger partial charge in [-0.1, -0.05) is 6.92 Å². The minimum absolute atomic E-state index is 0.285. The van der Waals surface area contributed by atoms with Crippen LogP contribution in [0.25, 0.3) is 0 Å². The number of phenolic OH excluding ortho intramolecular Hbond substituents is 1. The van der Waals surface area contributed by atoms with E-state index in [0.29, 0.717) is 0 Å². The van der Waals surface area contributed by atoms with Crippen LogP contribution in [0.1, 0.15) is 13.3 Å². The van der Waals surface area contributed by atoms with Gasteiger partial charge in [0.25, 0.3) is 0 Å². The fraction of sp³-hybridized carbons (Fsp3) is 0.400. The summed E-state index contributed by atoms with van der Waals surface area (Å²) in [4.78, 5) is 1.13. The third-order valence-electron chi connectivity index (χ3n) is 1.72. The molecule has 1 rings (SSSR count). The lowest BCUT2D eigenvalue weighted by Gasteiger charge is -2.14. The molecule has 0 saturated carbocycles. The molecule has 0 unspecified atom stereocenters. The second-order valence-corrected chi connectivity index (χ2v) is 5.19. The highest BCUT2D eigenvalue weighted by atomic mass is 79.9. The maximum atomic E-state index is 9.31. The molecule has 0 bridgehead atoms. The van der Waals surface area contributed by atoms with Gasteiger partial charge in [-0.2, -0.15) is 0 Å². The van der Waals surface area contributed by atoms with Crippen LogP contribution < -0.4 is 0 Å². The van der Waals surface area contributed by atoms with Crippen LogP contribution in [0.4, 0.5) is 0 Å². The van der Waals surface area contributed by atoms with Crippen molar-refractivity contribution in [2.24, 2.45) is 0 Å². The van der Waals surface area contributed by atoms with Crippen LogP contribution in [-0.2, 0) is 0 Å². The SMILES string of the molecule is CCCN(C)Sc1ccc(O)c(Br)c1. The standard InChI is InChI=1S/C10H14BrNOS/c1-3-6-12(2)14-8-4-5-10(13)9(11)7-8/h4-5,7,13H,3,6H2,1-2H3. The van der Waals surface area contributed by atoms with E-state index in [1.165, 1.54) is 0 Å². The fourth-order valence-electron chi connectivity index (χ4n) is 1.08. The Morgan fingerprint density at radius 3 is 2.79 bits per heavy atom. The van der Waals surface area contributed by atoms with E-state index in [1.807, 2.05) is 12.1 Å². The Bertz CT molecular complexity index is 306. The molecule has 0 aliphatic heterocycles. The summed E-state index contributed by atoms with van der Waals surface area (Å²) in [5.41, 5.74) is 0. The van der Waals surface area contributed by atoms with E-state index in [9.17, 15) is 5.11 Å². The van der Waals surface area contributed by atoms with Gasteiger partial charge in [0, 0.05) is 11.4 Å². The van der Waals surface area contributed by atoms with E-state index in [-0.39, 0.29) is 5.75 Å². The molecule has 4 heteroatoms. The molecule has 0 fully saturated rings. The topological polar surface area (TPSA) is 23.5 Å². The Hall–Kier alpha value is -0.190. The molecule has 0 aliphatic carbocycles. The Morgan fingerprint density at radius 2 is 2.21 bits per heavy atom. The van der Waals surface area contributed by atoms with Gasteiger partial charge in [-0.25, -0.2) is 4.31 Å². The van der Waals surface area contributed by atoms with Crippen molar-refractivity contribution in [3.05, 3.63) is 22.7 Å². The first kappa shape index (κ1) is 11.9. The first-order valence-corrected chi connectivity index (χ1v) is 6.07. The van der Waals surface area contributed by atoms with Gasteiger partial charge in [0.15, 0.2) is 0 Å². The van der Waals surface area contributed by atoms with E-state index in [4.69, 9.17) is 0 Å². The molecule has 1 aromatic carbocycles. The Balaban J connectivity index is 2.63. The zero-order valence-electron chi connectivity index (χ0n) is 8.33. The summed E-state index contributed by atoms with van der Waals surface area (Å²) >= 11 is 4.98. The number of phenols is 1. The summed E-state index contributed by atoms with van der Waals surface area (Å²) in [6.07, 6.45) is 1.14. The van der Waals surface area contributed by atoms with E-state index >= 15 is 0 Å². The molecule has 0 atom stereocenters. The molecule has 0 saturated heterocycles. The van der Waals surface area contributed by atoms with Gasteiger partial charge in [-0.15, -0.1) is 0 Å². The highest BCUT2D eigenvalue weighted by molar-refractivity contribution is 9.10. The molecular formula is C10H14BrNOS. The van der Waals surface area contributed by atoms with E-state index in [2.05, 4.69) is 34.2 Å². The van der Waals surface area contributed by atoms with E-state index < -0.39 is 0 Å². The first-order valence-electron chi connectivity index (χ1n) is 4.51. The molecule has 0 aliphatic rings. The number of benzene rings is 1. The molecule has 14 heavy (non-hydrogen) atoms. The van der Waals surface area contributed by atoms with Crippen LogP contribution in [0.3, 0.4) is 0 Å². The van der Waals surface area contributed by atoms with Gasteiger partial charge in [-0.05, 0) is 59.5 Å². The molecule has 78 valence electrons. The number of nitrogens with zero attached hydrogens (tertiary/aromatic N) is 1. The van der Waals surface area contributed by atoms with Gasteiger partial charge in [0.1, 0.15) is 5.75 Å². The monoisotopic (exact) mass is 275 g/mol. The molecule has 0 amide bonds. The predicted molar refractivity (Wildman–Crippen MR) is 64.6 cm³/mol. The lowest BCUT2D eigenvalue weighted by molar-refractivity contribution is 0.471. The largest absolute Gasteiger partial charge is 0.507 e. The molecule has 0 aromatic heterocycles. The Labute approximate surface area is 97.6 Å². The second kappa shape index (κ2) is 5.63. The molecule has 0 spiro atoms. The zero-order chi connectivity index (χ0) is 10.6. The summed E-state index contributed by atoms with van der Waals surface area (Å²) in [6, 6.07) is 5.54. The van der Waals surface area contributed by atoms with Crippen molar-refractivity contribution in [1.82, 2.24) is 4.31 Å². The van der Waals surface area contributed by atoms with Crippen LogP contribution in [-0.4, -0.2) is 23.0 Å². The number of aromatic hydroxyl groups is 1. The normalized spacial score (nSPS) is 10.9. The number of rotatable bonds is 4. The zero-order valence-corrected chi connectivity index (χ0v) is 10.7. The van der Waals surface area contributed by atoms with Gasteiger partial charge in [0.2, 0.25) is 0 Å². The summed E-state index contributed by atoms with van der Waals surface area (Å²) in [5.74, 6) is 0.285. The minimum Gasteiger partial charge on any atom is -0.507 e. The summed E-state index contributed by atoms with van der Waals surface area (Å²) < 4.78 is 2.92. The van der Waals surface area contributed by atoms with Gasteiger partial charge in [0.05, 0.1) is 4.47 Å². The molecule has 0 radical (unpaired) electrons. The molecule has 1 aromatic rings. The van der Waals surface area contributed by atoms with Crippen LogP contribution in [0.5, 0.6) is 5.75 Å². The van der Waals surface area contributed by atoms with Crippen molar-refractivity contribution >= 4 is 27.9 Å². The highest BCUT2D eigenvalue weighted by Crippen LogP contribution is 2.30. The maximum Gasteiger partial charge on any atom is 0.129 e. The van der Waals surface area contributed by atoms with Crippen molar-refractivity contribution in [2.45, 2.75) is 18.2 Å². The number of halogens is 1. The Morgan fingerprint density at radius 1 is 1.50 bits per heavy atom. The lowest BCUT2D eigenvalue weighted by Crippen LogP contribution is -2.09. The van der Waals surface area contributed by atoms with Crippen molar-refractivity contribution in [2.75, 3.05) is 13.6 Å². The third-order valence-corrected chi connectivity index (χ3v) is 3.31. The van der Waals surface area contributed by atoms with Gasteiger partial charge in [-0.3, -0.25) is 0 Å². The second-order valence-electron chi connectivity index (χ2n) is 3.06. The summed E-state index contributed by atoms with van der Waals surface area (Å²) in [5, 5.41) is 9.31. The number of hydrogen-bond acceptors (Lipinski definition) is 3. The molecule has 2 nitrogen and oxygen atoms in total. The van der Waals surface area contributed by atoms with Crippen LogP contribution in [0.15, 0.2) is 27.6 Å². The van der Waals surface area contributed by atoms with Crippen molar-refractivity contribution in [3.8, 4) is 5.75 Å². The fourth-order valence-corrected chi connectivity index (χ4v) is 2.55. The van der Waals surface area contributed by atoms with Gasteiger partial charge >= 0.3 is 0 Å². The first-order chi connectivity index (χ1) is 6.63. The van der Waals surface area contributed by atoms with Crippen molar-refractivity contribution < 1.29 is 5.11 Å². The lowest BCUT2D eigenvalue weighted by atomic mass is 10.3. The van der Waals surface area contributed by atoms with Crippen LogP contribution in [0, 0.1) is 0 Å². The van der Waals surface area contributed by atoms with Crippen molar-refractivity contribution in [3.63, 3.8) is 0 Å². The summed E-state index contributed by atoms with van der Waals surface area (Å²) in [7, 11) is 2.06. The average molecular weight is 276 g/mol. The quantitative estimate of drug-likeness (QED) is 0.851. The summed E-state index contributed by atoms with van der Waals surface area (Å²) in [6.45, 7) is 3.22. The maximum absolute atomic E-state index is 9.31. The van der Waals surface area contributed by atoms with E-state index in [1.54, 1.807) is 18.0 Å². The third kappa shape index (κ3) is 3.52. The number of hydrogen-bond donors (Lipinski definition) is 1. The predicted octanol–water partition coefficient (Wildman–Crippen LogP) is 3.50.